The smallest absolute Gasteiger partial charge is 0.314 e. The summed E-state index contributed by atoms with van der Waals surface area (Å²) in [5, 5.41) is 0. The fourth-order valence-corrected chi connectivity index (χ4v) is 0.379. The number of hydrogen-bond acceptors (Lipinski definition) is 1. The minimum Gasteiger partial charge on any atom is -0.351 e. The standard InChI is InChI=1S/C4H8N2O/c5-4(7)6-2-1-3-6/h1-3H2,(H2,5,7)/i1D2. The zero-order valence-corrected chi connectivity index (χ0v) is 3.85. The third-order valence-electron chi connectivity index (χ3n) is 0.917. The van der Waals surface area contributed by atoms with Crippen LogP contribution in [0.2, 0.25) is 0 Å². The molecule has 2 amide bonds. The van der Waals surface area contributed by atoms with Gasteiger partial charge < -0.3 is 10.6 Å². The van der Waals surface area contributed by atoms with Gasteiger partial charge in [0.2, 0.25) is 0 Å². The number of carbonyl (C=O) groups excluding carboxylic acids is 1. The molecule has 1 aliphatic heterocycles. The lowest BCUT2D eigenvalue weighted by molar-refractivity contribution is 0.177. The summed E-state index contributed by atoms with van der Waals surface area (Å²) in [6, 6.07) is -0.537. The van der Waals surface area contributed by atoms with Crippen molar-refractivity contribution in [2.45, 2.75) is 6.37 Å². The van der Waals surface area contributed by atoms with Gasteiger partial charge in [0.1, 0.15) is 0 Å². The van der Waals surface area contributed by atoms with Gasteiger partial charge in [-0.1, -0.05) is 0 Å². The molecule has 0 aromatic rings. The van der Waals surface area contributed by atoms with Gasteiger partial charge >= 0.3 is 6.03 Å². The summed E-state index contributed by atoms with van der Waals surface area (Å²) in [6.45, 7) is 0.282. The van der Waals surface area contributed by atoms with E-state index in [1.54, 1.807) is 0 Å². The molecule has 3 heteroatoms. The number of hydrogen-bond donors (Lipinski definition) is 1. The van der Waals surface area contributed by atoms with Gasteiger partial charge in [0.05, 0.1) is 0 Å². The van der Waals surface area contributed by atoms with Crippen LogP contribution in [0.15, 0.2) is 0 Å². The number of primary amides is 1. The number of urea groups is 1. The highest BCUT2D eigenvalue weighted by Crippen LogP contribution is 2.02. The Balaban J connectivity index is 2.35. The predicted octanol–water partition coefficient (Wildman–Crippen LogP) is -0.229. The molecule has 7 heavy (non-hydrogen) atoms. The van der Waals surface area contributed by atoms with Crippen LogP contribution in [0.3, 0.4) is 0 Å². The van der Waals surface area contributed by atoms with Crippen LogP contribution in [-0.2, 0) is 0 Å². The highest BCUT2D eigenvalue weighted by Gasteiger charge is 2.15. The summed E-state index contributed by atoms with van der Waals surface area (Å²) >= 11 is 0. The molecule has 0 radical (unpaired) electrons. The van der Waals surface area contributed by atoms with Gasteiger partial charge in [-0.2, -0.15) is 0 Å². The highest BCUT2D eigenvalue weighted by atomic mass is 16.2. The summed E-state index contributed by atoms with van der Waals surface area (Å²) in [4.78, 5) is 11.5. The van der Waals surface area contributed by atoms with Gasteiger partial charge in [-0.05, 0) is 6.37 Å². The molecule has 1 aliphatic rings. The Labute approximate surface area is 44.9 Å². The molecule has 1 fully saturated rings. The van der Waals surface area contributed by atoms with Gasteiger partial charge in [-0.25, -0.2) is 4.79 Å². The van der Waals surface area contributed by atoms with Crippen LogP contribution < -0.4 is 5.73 Å². The van der Waals surface area contributed by atoms with E-state index in [0.717, 1.165) is 0 Å². The number of nitrogens with two attached hydrogens (primary N) is 1. The van der Waals surface area contributed by atoms with E-state index < -0.39 is 12.4 Å². The summed E-state index contributed by atoms with van der Waals surface area (Å²) in [5.74, 6) is 0. The first-order valence-electron chi connectivity index (χ1n) is 3.06. The molecule has 0 bridgehead atoms. The Kier molecular flexibility index (Phi) is 0.511. The van der Waals surface area contributed by atoms with Crippen LogP contribution in [0, 0.1) is 0 Å². The minimum atomic E-state index is -1.20. The number of nitrogens with zero attached hydrogens (tertiary/aromatic N) is 1. The highest BCUT2D eigenvalue weighted by molar-refractivity contribution is 5.72. The lowest BCUT2D eigenvalue weighted by Crippen LogP contribution is -2.45. The second-order valence-electron chi connectivity index (χ2n) is 1.44. The fraction of sp³-hybridized carbons (Fsp3) is 0.750. The average Bonchev–Trinajstić information content (AvgIpc) is 1.59. The molecule has 1 rings (SSSR count). The van der Waals surface area contributed by atoms with Crippen molar-refractivity contribution in [3.8, 4) is 0 Å². The Morgan fingerprint density at radius 3 is 2.57 bits per heavy atom. The lowest BCUT2D eigenvalue weighted by Gasteiger charge is -2.28. The molecule has 0 saturated carbocycles. The van der Waals surface area contributed by atoms with Gasteiger partial charge in [-0.3, -0.25) is 0 Å². The molecule has 0 spiro atoms. The number of rotatable bonds is 0. The molecule has 40 valence electrons. The van der Waals surface area contributed by atoms with Gasteiger partial charge in [0, 0.05) is 15.8 Å². The molecule has 0 unspecified atom stereocenters. The summed E-state index contributed by atoms with van der Waals surface area (Å²) < 4.78 is 14.0. The van der Waals surface area contributed by atoms with Crippen molar-refractivity contribution in [3.05, 3.63) is 0 Å². The quantitative estimate of drug-likeness (QED) is 0.451. The van der Waals surface area contributed by atoms with Gasteiger partial charge in [-0.15, -0.1) is 0 Å². The first-order chi connectivity index (χ1) is 4.01. The largest absolute Gasteiger partial charge is 0.351 e. The molecule has 0 aromatic heterocycles. The van der Waals surface area contributed by atoms with Crippen molar-refractivity contribution < 1.29 is 7.54 Å². The molecule has 1 heterocycles. The van der Waals surface area contributed by atoms with Crippen molar-refractivity contribution in [1.29, 1.82) is 0 Å². The second-order valence-corrected chi connectivity index (χ2v) is 1.44. The van der Waals surface area contributed by atoms with E-state index in [0.29, 0.717) is 0 Å². The van der Waals surface area contributed by atoms with Gasteiger partial charge in [0.15, 0.2) is 0 Å². The van der Waals surface area contributed by atoms with Crippen molar-refractivity contribution in [3.63, 3.8) is 0 Å². The molecule has 1 saturated heterocycles. The molecular formula is C4H8N2O. The van der Waals surface area contributed by atoms with E-state index in [-0.39, 0.29) is 13.1 Å². The monoisotopic (exact) mass is 102 g/mol. The zero-order chi connectivity index (χ0) is 7.07. The van der Waals surface area contributed by atoms with Crippen molar-refractivity contribution in [2.24, 2.45) is 5.73 Å². The number of carbonyl (C=O) groups is 1. The van der Waals surface area contributed by atoms with Crippen LogP contribution in [-0.4, -0.2) is 24.0 Å². The Hall–Kier alpha value is -0.730. The second kappa shape index (κ2) is 1.40. The Morgan fingerprint density at radius 2 is 2.43 bits per heavy atom. The molecule has 2 N–H and O–H groups in total. The number of amides is 2. The fourth-order valence-electron chi connectivity index (χ4n) is 0.379. The van der Waals surface area contributed by atoms with Crippen LogP contribution in [0.25, 0.3) is 0 Å². The topological polar surface area (TPSA) is 46.3 Å². The summed E-state index contributed by atoms with van der Waals surface area (Å²) in [7, 11) is 0. The van der Waals surface area contributed by atoms with Crippen molar-refractivity contribution >= 4 is 6.03 Å². The number of likely N-dealkylation sites (tertiary alicyclic amines) is 1. The van der Waals surface area contributed by atoms with E-state index >= 15 is 0 Å². The maximum Gasteiger partial charge on any atom is 0.314 e. The van der Waals surface area contributed by atoms with Gasteiger partial charge in [0.25, 0.3) is 0 Å². The van der Waals surface area contributed by atoms with Crippen molar-refractivity contribution in [1.82, 2.24) is 4.90 Å². The molecule has 0 aromatic carbocycles. The summed E-state index contributed by atoms with van der Waals surface area (Å²) in [5.41, 5.74) is 4.84. The normalized spacial score (nSPS) is 30.0. The van der Waals surface area contributed by atoms with Crippen LogP contribution >= 0.6 is 0 Å². The SMILES string of the molecule is [2H]C1([2H])CN(C(N)=O)C1. The third kappa shape index (κ3) is 0.656. The van der Waals surface area contributed by atoms with E-state index in [4.69, 9.17) is 8.48 Å². The summed E-state index contributed by atoms with van der Waals surface area (Å²) in [6.07, 6.45) is -1.20. The predicted molar refractivity (Wildman–Crippen MR) is 25.8 cm³/mol. The maximum absolute atomic E-state index is 10.3. The first-order valence-corrected chi connectivity index (χ1v) is 2.06. The van der Waals surface area contributed by atoms with Crippen LogP contribution in [0.4, 0.5) is 4.79 Å². The maximum atomic E-state index is 10.3. The minimum absolute atomic E-state index is 0.141. The van der Waals surface area contributed by atoms with Crippen LogP contribution in [0.5, 0.6) is 0 Å². The Bertz CT molecular complexity index is 140. The molecular weight excluding hydrogens is 92.1 g/mol. The lowest BCUT2D eigenvalue weighted by atomic mass is 10.2. The van der Waals surface area contributed by atoms with E-state index in [1.165, 1.54) is 4.90 Å². The van der Waals surface area contributed by atoms with E-state index in [9.17, 15) is 4.79 Å². The van der Waals surface area contributed by atoms with Crippen molar-refractivity contribution in [2.75, 3.05) is 13.1 Å². The first kappa shape index (κ1) is 2.55. The Morgan fingerprint density at radius 1 is 1.86 bits per heavy atom. The van der Waals surface area contributed by atoms with E-state index in [2.05, 4.69) is 0 Å². The van der Waals surface area contributed by atoms with E-state index in [1.807, 2.05) is 0 Å². The van der Waals surface area contributed by atoms with Crippen LogP contribution in [0.1, 0.15) is 9.11 Å². The average molecular weight is 102 g/mol. The molecule has 0 atom stereocenters. The zero-order valence-electron chi connectivity index (χ0n) is 5.85. The molecule has 3 nitrogen and oxygen atoms in total. The third-order valence-corrected chi connectivity index (χ3v) is 0.917. The molecule has 0 aliphatic carbocycles.